The highest BCUT2D eigenvalue weighted by Crippen LogP contribution is 2.43. The first kappa shape index (κ1) is 20.4. The van der Waals surface area contributed by atoms with Crippen molar-refractivity contribution in [2.24, 2.45) is 5.92 Å². The molecule has 1 atom stereocenters. The molecule has 0 radical (unpaired) electrons. The van der Waals surface area contributed by atoms with Crippen LogP contribution < -0.4 is 0 Å². The first-order chi connectivity index (χ1) is 10.7. The SMILES string of the molecule is COC(=O)C1=C(CO)C(CO[Si](C(C)C)(C(C)C)C(C)C)CC1. The molecule has 0 aromatic rings. The third-order valence-electron chi connectivity index (χ3n) is 5.47. The molecule has 0 amide bonds. The number of hydrogen-bond acceptors (Lipinski definition) is 4. The number of methoxy groups -OCH3 is 1. The van der Waals surface area contributed by atoms with Crippen LogP contribution in [0.15, 0.2) is 11.1 Å². The molecule has 1 N–H and O–H groups in total. The van der Waals surface area contributed by atoms with Gasteiger partial charge in [-0.2, -0.15) is 0 Å². The first-order valence-corrected chi connectivity index (χ1v) is 10.9. The van der Waals surface area contributed by atoms with E-state index in [4.69, 9.17) is 9.16 Å². The van der Waals surface area contributed by atoms with Crippen LogP contribution in [0.2, 0.25) is 16.6 Å². The maximum absolute atomic E-state index is 11.8. The molecule has 1 unspecified atom stereocenters. The van der Waals surface area contributed by atoms with E-state index in [-0.39, 0.29) is 18.5 Å². The van der Waals surface area contributed by atoms with Crippen molar-refractivity contribution in [2.75, 3.05) is 20.3 Å². The van der Waals surface area contributed by atoms with Crippen LogP contribution in [0.1, 0.15) is 54.4 Å². The van der Waals surface area contributed by atoms with Gasteiger partial charge in [-0.15, -0.1) is 0 Å². The largest absolute Gasteiger partial charge is 0.466 e. The molecule has 0 bridgehead atoms. The first-order valence-electron chi connectivity index (χ1n) is 8.77. The van der Waals surface area contributed by atoms with Crippen LogP contribution in [-0.4, -0.2) is 39.7 Å². The number of esters is 1. The van der Waals surface area contributed by atoms with Crippen molar-refractivity contribution in [2.45, 2.75) is 71.0 Å². The molecule has 134 valence electrons. The minimum atomic E-state index is -1.92. The van der Waals surface area contributed by atoms with Crippen LogP contribution in [0, 0.1) is 5.92 Å². The van der Waals surface area contributed by atoms with E-state index in [1.165, 1.54) is 7.11 Å². The summed E-state index contributed by atoms with van der Waals surface area (Å²) in [5.74, 6) is -0.172. The molecule has 1 aliphatic rings. The van der Waals surface area contributed by atoms with Crippen molar-refractivity contribution in [1.82, 2.24) is 0 Å². The molecule has 0 spiro atoms. The molecule has 0 fully saturated rings. The average Bonchev–Trinajstić information content (AvgIpc) is 2.88. The number of aliphatic hydroxyl groups excluding tert-OH is 1. The summed E-state index contributed by atoms with van der Waals surface area (Å²) in [5, 5.41) is 9.70. The summed E-state index contributed by atoms with van der Waals surface area (Å²) in [4.78, 5) is 11.8. The maximum atomic E-state index is 11.8. The quantitative estimate of drug-likeness (QED) is 0.534. The van der Waals surface area contributed by atoms with E-state index in [0.29, 0.717) is 35.2 Å². The molecule has 23 heavy (non-hydrogen) atoms. The van der Waals surface area contributed by atoms with Gasteiger partial charge in [-0.25, -0.2) is 4.79 Å². The van der Waals surface area contributed by atoms with Crippen LogP contribution in [-0.2, 0) is 14.0 Å². The zero-order valence-electron chi connectivity index (χ0n) is 15.8. The topological polar surface area (TPSA) is 55.8 Å². The molecule has 1 aliphatic carbocycles. The zero-order chi connectivity index (χ0) is 17.8. The van der Waals surface area contributed by atoms with Gasteiger partial charge >= 0.3 is 5.97 Å². The smallest absolute Gasteiger partial charge is 0.333 e. The second-order valence-corrected chi connectivity index (χ2v) is 13.0. The fraction of sp³-hybridized carbons (Fsp3) is 0.833. The van der Waals surface area contributed by atoms with E-state index in [2.05, 4.69) is 41.5 Å². The summed E-state index contributed by atoms with van der Waals surface area (Å²) in [6.07, 6.45) is 1.54. The molecule has 0 saturated carbocycles. The van der Waals surface area contributed by atoms with Crippen LogP contribution in [0.4, 0.5) is 0 Å². The molecule has 0 aromatic carbocycles. The van der Waals surface area contributed by atoms with Gasteiger partial charge in [0.1, 0.15) is 0 Å². The minimum Gasteiger partial charge on any atom is -0.466 e. The van der Waals surface area contributed by atoms with E-state index in [1.54, 1.807) is 0 Å². The molecule has 0 heterocycles. The van der Waals surface area contributed by atoms with Crippen LogP contribution >= 0.6 is 0 Å². The second-order valence-electron chi connectivity index (χ2n) is 7.52. The van der Waals surface area contributed by atoms with Crippen molar-refractivity contribution >= 4 is 14.3 Å². The molecule has 0 saturated heterocycles. The van der Waals surface area contributed by atoms with Crippen molar-refractivity contribution in [3.8, 4) is 0 Å². The number of ether oxygens (including phenoxy) is 1. The average molecular weight is 343 g/mol. The lowest BCUT2D eigenvalue weighted by Crippen LogP contribution is -2.48. The Balaban J connectivity index is 2.95. The lowest BCUT2D eigenvalue weighted by Gasteiger charge is -2.43. The van der Waals surface area contributed by atoms with Gasteiger partial charge in [0.15, 0.2) is 8.32 Å². The highest BCUT2D eigenvalue weighted by Gasteiger charge is 2.45. The van der Waals surface area contributed by atoms with E-state index < -0.39 is 8.32 Å². The van der Waals surface area contributed by atoms with Crippen molar-refractivity contribution in [1.29, 1.82) is 0 Å². The minimum absolute atomic E-state index is 0.0853. The summed E-state index contributed by atoms with van der Waals surface area (Å²) in [6, 6.07) is 0. The highest BCUT2D eigenvalue weighted by molar-refractivity contribution is 6.77. The molecular formula is C18H34O4Si. The van der Waals surface area contributed by atoms with Crippen LogP contribution in [0.3, 0.4) is 0 Å². The molecule has 1 rings (SSSR count). The predicted octanol–water partition coefficient (Wildman–Crippen LogP) is 4.05. The second kappa shape index (κ2) is 8.45. The molecular weight excluding hydrogens is 308 g/mol. The van der Waals surface area contributed by atoms with Gasteiger partial charge in [0.2, 0.25) is 0 Å². The Bertz CT molecular complexity index is 419. The Labute approximate surface area is 142 Å². The van der Waals surface area contributed by atoms with Gasteiger partial charge in [-0.3, -0.25) is 0 Å². The van der Waals surface area contributed by atoms with Gasteiger partial charge in [0.05, 0.1) is 13.7 Å². The molecule has 0 aliphatic heterocycles. The summed E-state index contributed by atoms with van der Waals surface area (Å²) in [6.45, 7) is 14.1. The molecule has 5 heteroatoms. The van der Waals surface area contributed by atoms with E-state index >= 15 is 0 Å². The van der Waals surface area contributed by atoms with E-state index in [1.807, 2.05) is 0 Å². The number of carbonyl (C=O) groups excluding carboxylic acids is 1. The maximum Gasteiger partial charge on any atom is 0.333 e. The standard InChI is InChI=1S/C18H34O4Si/c1-12(2)23(13(3)4,14(5)6)22-11-15-8-9-16(17(15)10-19)18(20)21-7/h12-15,19H,8-11H2,1-7H3. The Morgan fingerprint density at radius 1 is 1.17 bits per heavy atom. The van der Waals surface area contributed by atoms with Crippen molar-refractivity contribution < 1.29 is 19.1 Å². The third-order valence-corrected chi connectivity index (χ3v) is 11.5. The van der Waals surface area contributed by atoms with Crippen LogP contribution in [0.25, 0.3) is 0 Å². The number of hydrogen-bond donors (Lipinski definition) is 1. The van der Waals surface area contributed by atoms with Gasteiger partial charge < -0.3 is 14.3 Å². The lowest BCUT2D eigenvalue weighted by atomic mass is 10.0. The summed E-state index contributed by atoms with van der Waals surface area (Å²) >= 11 is 0. The van der Waals surface area contributed by atoms with Crippen molar-refractivity contribution in [3.05, 3.63) is 11.1 Å². The lowest BCUT2D eigenvalue weighted by molar-refractivity contribution is -0.136. The Morgan fingerprint density at radius 3 is 2.09 bits per heavy atom. The summed E-state index contributed by atoms with van der Waals surface area (Å²) < 4.78 is 11.5. The predicted molar refractivity (Wildman–Crippen MR) is 95.9 cm³/mol. The molecule has 4 nitrogen and oxygen atoms in total. The Hall–Kier alpha value is -0.653. The fourth-order valence-corrected chi connectivity index (χ4v) is 9.90. The Kier molecular flexibility index (Phi) is 7.49. The summed E-state index contributed by atoms with van der Waals surface area (Å²) in [7, 11) is -0.524. The number of carbonyl (C=O) groups is 1. The van der Waals surface area contributed by atoms with Crippen LogP contribution in [0.5, 0.6) is 0 Å². The number of aliphatic hydroxyl groups is 1. The van der Waals surface area contributed by atoms with Gasteiger partial charge in [0, 0.05) is 18.1 Å². The molecule has 0 aromatic heterocycles. The van der Waals surface area contributed by atoms with E-state index in [9.17, 15) is 9.90 Å². The zero-order valence-corrected chi connectivity index (χ0v) is 16.8. The highest BCUT2D eigenvalue weighted by atomic mass is 28.4. The van der Waals surface area contributed by atoms with E-state index in [0.717, 1.165) is 12.0 Å². The Morgan fingerprint density at radius 2 is 1.70 bits per heavy atom. The van der Waals surface area contributed by atoms with Gasteiger partial charge in [-0.1, -0.05) is 41.5 Å². The third kappa shape index (κ3) is 4.06. The van der Waals surface area contributed by atoms with Gasteiger partial charge in [-0.05, 0) is 35.0 Å². The van der Waals surface area contributed by atoms with Gasteiger partial charge in [0.25, 0.3) is 0 Å². The summed E-state index contributed by atoms with van der Waals surface area (Å²) in [5.41, 5.74) is 3.06. The van der Waals surface area contributed by atoms with Crippen molar-refractivity contribution in [3.63, 3.8) is 0 Å². The fourth-order valence-electron chi connectivity index (χ4n) is 4.41. The normalized spacial score (nSPS) is 19.3. The monoisotopic (exact) mass is 342 g/mol. The number of rotatable bonds is 8.